The highest BCUT2D eigenvalue weighted by atomic mass is 79.9. The zero-order valence-electron chi connectivity index (χ0n) is 6.52. The fraction of sp³-hybridized carbons (Fsp3) is 1.00. The molecule has 0 aliphatic rings. The molecule has 1 unspecified atom stereocenters. The molecule has 0 radical (unpaired) electrons. The molecule has 0 spiro atoms. The Morgan fingerprint density at radius 1 is 1.44 bits per heavy atom. The van der Waals surface area contributed by atoms with Crippen molar-refractivity contribution in [1.82, 2.24) is 4.90 Å². The normalized spacial score (nSPS) is 14.3. The molecule has 0 aliphatic heterocycles. The van der Waals surface area contributed by atoms with E-state index in [0.29, 0.717) is 0 Å². The molecule has 1 atom stereocenters. The number of hydrogen-bond donors (Lipinski definition) is 0. The molecule has 2 heteroatoms. The van der Waals surface area contributed by atoms with Gasteiger partial charge in [0.1, 0.15) is 0 Å². The van der Waals surface area contributed by atoms with Gasteiger partial charge in [-0.25, -0.2) is 0 Å². The van der Waals surface area contributed by atoms with Gasteiger partial charge in [-0.15, -0.1) is 0 Å². The molecule has 0 rings (SSSR count). The van der Waals surface area contributed by atoms with Gasteiger partial charge in [0.05, 0.1) is 0 Å². The molecule has 0 aromatic rings. The molecule has 0 aliphatic carbocycles. The van der Waals surface area contributed by atoms with E-state index in [0.717, 1.165) is 11.2 Å². The Labute approximate surface area is 66.6 Å². The van der Waals surface area contributed by atoms with E-state index in [9.17, 15) is 0 Å². The van der Waals surface area contributed by atoms with Crippen molar-refractivity contribution < 1.29 is 0 Å². The Morgan fingerprint density at radius 3 is 2.33 bits per heavy atom. The Morgan fingerprint density at radius 2 is 2.00 bits per heavy atom. The summed E-state index contributed by atoms with van der Waals surface area (Å²) in [6.45, 7) is 3.48. The largest absolute Gasteiger partial charge is 0.309 e. The molecule has 9 heavy (non-hydrogen) atoms. The van der Waals surface area contributed by atoms with Crippen LogP contribution in [-0.2, 0) is 0 Å². The molecule has 0 aromatic carbocycles. The van der Waals surface area contributed by atoms with Gasteiger partial charge in [0, 0.05) is 11.9 Å². The van der Waals surface area contributed by atoms with Gasteiger partial charge in [0.25, 0.3) is 0 Å². The van der Waals surface area contributed by atoms with E-state index in [-0.39, 0.29) is 0 Å². The lowest BCUT2D eigenvalue weighted by atomic mass is 10.1. The van der Waals surface area contributed by atoms with Crippen molar-refractivity contribution >= 4 is 15.9 Å². The number of nitrogens with zero attached hydrogens (tertiary/aromatic N) is 1. The van der Waals surface area contributed by atoms with Crippen LogP contribution in [0.3, 0.4) is 0 Å². The Hall–Kier alpha value is 0.440. The van der Waals surface area contributed by atoms with Gasteiger partial charge in [-0.2, -0.15) is 0 Å². The van der Waals surface area contributed by atoms with Crippen LogP contribution < -0.4 is 0 Å². The quantitative estimate of drug-likeness (QED) is 0.618. The zero-order valence-corrected chi connectivity index (χ0v) is 8.11. The minimum absolute atomic E-state index is 0.819. The van der Waals surface area contributed by atoms with Gasteiger partial charge in [-0.1, -0.05) is 22.9 Å². The van der Waals surface area contributed by atoms with Crippen LogP contribution in [0.1, 0.15) is 13.3 Å². The topological polar surface area (TPSA) is 3.24 Å². The average molecular weight is 194 g/mol. The predicted octanol–water partition coefficient (Wildman–Crippen LogP) is 1.97. The second-order valence-electron chi connectivity index (χ2n) is 2.85. The highest BCUT2D eigenvalue weighted by Crippen LogP contribution is 2.04. The summed E-state index contributed by atoms with van der Waals surface area (Å²) in [5.74, 6) is 0.819. The van der Waals surface area contributed by atoms with E-state index in [1.807, 2.05) is 0 Å². The second kappa shape index (κ2) is 5.24. The molecule has 0 fully saturated rings. The summed E-state index contributed by atoms with van der Waals surface area (Å²) < 4.78 is 0. The van der Waals surface area contributed by atoms with Crippen molar-refractivity contribution in [3.63, 3.8) is 0 Å². The molecule has 0 amide bonds. The first-order valence-electron chi connectivity index (χ1n) is 3.37. The van der Waals surface area contributed by atoms with Crippen LogP contribution in [0.2, 0.25) is 0 Å². The first-order chi connectivity index (χ1) is 4.16. The van der Waals surface area contributed by atoms with E-state index in [2.05, 4.69) is 41.8 Å². The van der Waals surface area contributed by atoms with Crippen LogP contribution in [0.4, 0.5) is 0 Å². The van der Waals surface area contributed by atoms with Crippen LogP contribution in [0.5, 0.6) is 0 Å². The molecule has 0 saturated carbocycles. The van der Waals surface area contributed by atoms with Crippen LogP contribution in [0, 0.1) is 5.92 Å². The first kappa shape index (κ1) is 9.44. The summed E-state index contributed by atoms with van der Waals surface area (Å²) in [5, 5.41) is 1.13. The van der Waals surface area contributed by atoms with Crippen LogP contribution in [0.25, 0.3) is 0 Å². The Balaban J connectivity index is 3.15. The summed E-state index contributed by atoms with van der Waals surface area (Å²) in [6, 6.07) is 0. The number of rotatable bonds is 4. The Bertz CT molecular complexity index is 63.9. The standard InChI is InChI=1S/C7H16BrN/c1-7(4-5-8)6-9(2)3/h7H,4-6H2,1-3H3. The van der Waals surface area contributed by atoms with Crippen LogP contribution >= 0.6 is 15.9 Å². The molecular weight excluding hydrogens is 178 g/mol. The monoisotopic (exact) mass is 193 g/mol. The molecule has 0 aromatic heterocycles. The minimum atomic E-state index is 0.819. The van der Waals surface area contributed by atoms with Gasteiger partial charge in [0.2, 0.25) is 0 Å². The minimum Gasteiger partial charge on any atom is -0.309 e. The smallest absolute Gasteiger partial charge is 0.00343 e. The molecule has 1 nitrogen and oxygen atoms in total. The van der Waals surface area contributed by atoms with E-state index in [1.54, 1.807) is 0 Å². The number of halogens is 1. The molecule has 0 N–H and O–H groups in total. The predicted molar refractivity (Wildman–Crippen MR) is 46.1 cm³/mol. The van der Waals surface area contributed by atoms with Crippen molar-refractivity contribution in [3.8, 4) is 0 Å². The summed E-state index contributed by atoms with van der Waals surface area (Å²) in [5.41, 5.74) is 0. The van der Waals surface area contributed by atoms with Gasteiger partial charge < -0.3 is 4.90 Å². The van der Waals surface area contributed by atoms with E-state index in [4.69, 9.17) is 0 Å². The van der Waals surface area contributed by atoms with Crippen molar-refractivity contribution in [3.05, 3.63) is 0 Å². The van der Waals surface area contributed by atoms with E-state index < -0.39 is 0 Å². The van der Waals surface area contributed by atoms with Crippen molar-refractivity contribution in [1.29, 1.82) is 0 Å². The highest BCUT2D eigenvalue weighted by Gasteiger charge is 2.00. The molecule has 0 saturated heterocycles. The van der Waals surface area contributed by atoms with E-state index in [1.165, 1.54) is 13.0 Å². The third-order valence-corrected chi connectivity index (χ3v) is 1.74. The lowest BCUT2D eigenvalue weighted by molar-refractivity contribution is 0.335. The fourth-order valence-electron chi connectivity index (χ4n) is 0.901. The summed E-state index contributed by atoms with van der Waals surface area (Å²) in [4.78, 5) is 2.23. The summed E-state index contributed by atoms with van der Waals surface area (Å²) in [7, 11) is 4.23. The third-order valence-electron chi connectivity index (χ3n) is 1.28. The van der Waals surface area contributed by atoms with Gasteiger partial charge in [-0.3, -0.25) is 0 Å². The molecule has 0 heterocycles. The molecule has 0 bridgehead atoms. The lowest BCUT2D eigenvalue weighted by Gasteiger charge is -2.14. The van der Waals surface area contributed by atoms with Crippen molar-refractivity contribution in [2.24, 2.45) is 5.92 Å². The maximum Gasteiger partial charge on any atom is 0.00343 e. The third kappa shape index (κ3) is 6.32. The van der Waals surface area contributed by atoms with Crippen LogP contribution in [0.15, 0.2) is 0 Å². The van der Waals surface area contributed by atoms with Gasteiger partial charge >= 0.3 is 0 Å². The highest BCUT2D eigenvalue weighted by molar-refractivity contribution is 9.09. The van der Waals surface area contributed by atoms with Crippen LogP contribution in [-0.4, -0.2) is 30.9 Å². The summed E-state index contributed by atoms with van der Waals surface area (Å²) in [6.07, 6.45) is 1.28. The fourth-order valence-corrected chi connectivity index (χ4v) is 1.68. The molecular formula is C7H16BrN. The summed E-state index contributed by atoms with van der Waals surface area (Å²) >= 11 is 3.42. The SMILES string of the molecule is CC(CCBr)CN(C)C. The number of hydrogen-bond acceptors (Lipinski definition) is 1. The van der Waals surface area contributed by atoms with Gasteiger partial charge in [-0.05, 0) is 26.4 Å². The lowest BCUT2D eigenvalue weighted by Crippen LogP contribution is -2.19. The first-order valence-corrected chi connectivity index (χ1v) is 4.49. The van der Waals surface area contributed by atoms with Crippen molar-refractivity contribution in [2.75, 3.05) is 26.0 Å². The molecule has 56 valence electrons. The second-order valence-corrected chi connectivity index (χ2v) is 3.64. The van der Waals surface area contributed by atoms with Crippen molar-refractivity contribution in [2.45, 2.75) is 13.3 Å². The maximum atomic E-state index is 3.42. The van der Waals surface area contributed by atoms with Gasteiger partial charge in [0.15, 0.2) is 0 Å². The van der Waals surface area contributed by atoms with E-state index >= 15 is 0 Å². The average Bonchev–Trinajstić information content (AvgIpc) is 1.63. The maximum absolute atomic E-state index is 3.42. The Kier molecular flexibility index (Phi) is 5.50. The zero-order chi connectivity index (χ0) is 7.28. The number of alkyl halides is 1.